The molecule has 0 radical (unpaired) electrons. The number of nitrogens with one attached hydrogen (secondary N) is 2. The first-order valence-corrected chi connectivity index (χ1v) is 8.48. The SMILES string of the molecule is CCOC(C)CNS(=O)(=O)N1CCCCC1CNC. The minimum absolute atomic E-state index is 0.0543. The average Bonchev–Trinajstić information content (AvgIpc) is 2.38. The summed E-state index contributed by atoms with van der Waals surface area (Å²) in [5.74, 6) is 0. The summed E-state index contributed by atoms with van der Waals surface area (Å²) in [5, 5.41) is 3.07. The van der Waals surface area contributed by atoms with Crippen molar-refractivity contribution in [2.75, 3.05) is 33.3 Å². The number of hydrogen-bond donors (Lipinski definition) is 2. The maximum atomic E-state index is 12.3. The number of ether oxygens (including phenoxy) is 1. The standard InChI is InChI=1S/C12H27N3O3S/c1-4-18-11(2)9-14-19(16,17)15-8-6-5-7-12(15)10-13-3/h11-14H,4-10H2,1-3H3. The molecule has 0 aromatic carbocycles. The van der Waals surface area contributed by atoms with E-state index in [-0.39, 0.29) is 12.1 Å². The molecule has 1 fully saturated rings. The fourth-order valence-corrected chi connectivity index (χ4v) is 3.93. The highest BCUT2D eigenvalue weighted by Gasteiger charge is 2.31. The fourth-order valence-electron chi connectivity index (χ4n) is 2.38. The Morgan fingerprint density at radius 3 is 2.79 bits per heavy atom. The quantitative estimate of drug-likeness (QED) is 0.676. The van der Waals surface area contributed by atoms with Crippen molar-refractivity contribution in [1.82, 2.24) is 14.3 Å². The summed E-state index contributed by atoms with van der Waals surface area (Å²) in [6, 6.07) is 0.0543. The van der Waals surface area contributed by atoms with Gasteiger partial charge in [-0.25, -0.2) is 0 Å². The van der Waals surface area contributed by atoms with Gasteiger partial charge in [-0.3, -0.25) is 0 Å². The van der Waals surface area contributed by atoms with E-state index < -0.39 is 10.2 Å². The lowest BCUT2D eigenvalue weighted by molar-refractivity contribution is 0.0794. The first-order chi connectivity index (χ1) is 9.01. The Morgan fingerprint density at radius 2 is 2.16 bits per heavy atom. The second-order valence-corrected chi connectivity index (χ2v) is 6.65. The van der Waals surface area contributed by atoms with Gasteiger partial charge in [-0.15, -0.1) is 0 Å². The van der Waals surface area contributed by atoms with Gasteiger partial charge in [-0.2, -0.15) is 17.4 Å². The van der Waals surface area contributed by atoms with Gasteiger partial charge in [0.15, 0.2) is 0 Å². The molecule has 2 unspecified atom stereocenters. The summed E-state index contributed by atoms with van der Waals surface area (Å²) in [6.45, 7) is 5.98. The van der Waals surface area contributed by atoms with Crippen LogP contribution in [0.15, 0.2) is 0 Å². The molecule has 1 aliphatic heterocycles. The normalized spacial score (nSPS) is 23.4. The summed E-state index contributed by atoms with van der Waals surface area (Å²) in [7, 11) is -1.55. The van der Waals surface area contributed by atoms with E-state index in [4.69, 9.17) is 4.74 Å². The first kappa shape index (κ1) is 16.8. The van der Waals surface area contributed by atoms with E-state index in [9.17, 15) is 8.42 Å². The molecule has 0 spiro atoms. The van der Waals surface area contributed by atoms with Crippen molar-refractivity contribution in [1.29, 1.82) is 0 Å². The van der Waals surface area contributed by atoms with Crippen molar-refractivity contribution in [3.63, 3.8) is 0 Å². The molecule has 1 heterocycles. The molecular formula is C12H27N3O3S. The van der Waals surface area contributed by atoms with Crippen molar-refractivity contribution in [2.24, 2.45) is 0 Å². The Labute approximate surface area is 117 Å². The van der Waals surface area contributed by atoms with Gasteiger partial charge >= 0.3 is 0 Å². The average molecular weight is 293 g/mol. The number of nitrogens with zero attached hydrogens (tertiary/aromatic N) is 1. The molecule has 2 atom stereocenters. The van der Waals surface area contributed by atoms with Crippen molar-refractivity contribution >= 4 is 10.2 Å². The second kappa shape index (κ2) is 8.16. The van der Waals surface area contributed by atoms with Crippen LogP contribution in [0.25, 0.3) is 0 Å². The number of likely N-dealkylation sites (N-methyl/N-ethyl adjacent to an activating group) is 1. The van der Waals surface area contributed by atoms with Crippen LogP contribution in [-0.4, -0.2) is 58.2 Å². The summed E-state index contributed by atoms with van der Waals surface area (Å²) >= 11 is 0. The van der Waals surface area contributed by atoms with Gasteiger partial charge in [-0.05, 0) is 33.7 Å². The molecule has 0 aromatic heterocycles. The molecular weight excluding hydrogens is 266 g/mol. The topological polar surface area (TPSA) is 70.7 Å². The minimum Gasteiger partial charge on any atom is -0.377 e. The summed E-state index contributed by atoms with van der Waals surface area (Å²) < 4.78 is 34.2. The van der Waals surface area contributed by atoms with Gasteiger partial charge in [-0.1, -0.05) is 6.42 Å². The van der Waals surface area contributed by atoms with Gasteiger partial charge in [0, 0.05) is 32.3 Å². The predicted molar refractivity (Wildman–Crippen MR) is 76.3 cm³/mol. The molecule has 6 nitrogen and oxygen atoms in total. The summed E-state index contributed by atoms with van der Waals surface area (Å²) in [4.78, 5) is 0. The summed E-state index contributed by atoms with van der Waals surface area (Å²) in [5.41, 5.74) is 0. The first-order valence-electron chi connectivity index (χ1n) is 7.04. The molecule has 114 valence electrons. The van der Waals surface area contributed by atoms with Crippen molar-refractivity contribution < 1.29 is 13.2 Å². The van der Waals surface area contributed by atoms with E-state index >= 15 is 0 Å². The Bertz CT molecular complexity index is 346. The van der Waals surface area contributed by atoms with Gasteiger partial charge in [0.05, 0.1) is 6.10 Å². The van der Waals surface area contributed by atoms with Crippen LogP contribution in [0.2, 0.25) is 0 Å². The second-order valence-electron chi connectivity index (χ2n) is 4.94. The van der Waals surface area contributed by atoms with Crippen molar-refractivity contribution in [3.8, 4) is 0 Å². The van der Waals surface area contributed by atoms with Crippen LogP contribution >= 0.6 is 0 Å². The van der Waals surface area contributed by atoms with Crippen LogP contribution < -0.4 is 10.0 Å². The molecule has 0 saturated carbocycles. The third-order valence-electron chi connectivity index (χ3n) is 3.33. The maximum absolute atomic E-state index is 12.3. The van der Waals surface area contributed by atoms with Crippen molar-refractivity contribution in [3.05, 3.63) is 0 Å². The van der Waals surface area contributed by atoms with E-state index in [1.807, 2.05) is 20.9 Å². The summed E-state index contributed by atoms with van der Waals surface area (Å²) in [6.07, 6.45) is 2.84. The van der Waals surface area contributed by atoms with E-state index in [1.165, 1.54) is 0 Å². The third-order valence-corrected chi connectivity index (χ3v) is 4.96. The van der Waals surface area contributed by atoms with Crippen LogP contribution in [0.3, 0.4) is 0 Å². The number of rotatable bonds is 8. The lowest BCUT2D eigenvalue weighted by atomic mass is 10.1. The zero-order chi connectivity index (χ0) is 14.3. The molecule has 1 rings (SSSR count). The van der Waals surface area contributed by atoms with Gasteiger partial charge in [0.2, 0.25) is 0 Å². The Morgan fingerprint density at radius 1 is 1.42 bits per heavy atom. The van der Waals surface area contributed by atoms with Crippen molar-refractivity contribution in [2.45, 2.75) is 45.3 Å². The van der Waals surface area contributed by atoms with E-state index in [0.717, 1.165) is 19.3 Å². The molecule has 0 aromatic rings. The highest BCUT2D eigenvalue weighted by atomic mass is 32.2. The lowest BCUT2D eigenvalue weighted by Crippen LogP contribution is -2.53. The minimum atomic E-state index is -3.40. The largest absolute Gasteiger partial charge is 0.377 e. The highest BCUT2D eigenvalue weighted by molar-refractivity contribution is 7.87. The molecule has 2 N–H and O–H groups in total. The van der Waals surface area contributed by atoms with E-state index in [1.54, 1.807) is 4.31 Å². The molecule has 1 aliphatic rings. The monoisotopic (exact) mass is 293 g/mol. The zero-order valence-electron chi connectivity index (χ0n) is 12.2. The number of piperidine rings is 1. The van der Waals surface area contributed by atoms with E-state index in [2.05, 4.69) is 10.0 Å². The van der Waals surface area contributed by atoms with Crippen LogP contribution in [0, 0.1) is 0 Å². The molecule has 7 heteroatoms. The highest BCUT2D eigenvalue weighted by Crippen LogP contribution is 2.19. The third kappa shape index (κ3) is 5.35. The zero-order valence-corrected chi connectivity index (χ0v) is 13.0. The smallest absolute Gasteiger partial charge is 0.279 e. The molecule has 19 heavy (non-hydrogen) atoms. The Balaban J connectivity index is 2.58. The van der Waals surface area contributed by atoms with Crippen LogP contribution in [0.4, 0.5) is 0 Å². The maximum Gasteiger partial charge on any atom is 0.279 e. The van der Waals surface area contributed by atoms with Crippen LogP contribution in [-0.2, 0) is 14.9 Å². The fraction of sp³-hybridized carbons (Fsp3) is 1.00. The Kier molecular flexibility index (Phi) is 7.23. The molecule has 1 saturated heterocycles. The Hall–Kier alpha value is -0.210. The molecule has 0 bridgehead atoms. The van der Waals surface area contributed by atoms with E-state index in [0.29, 0.717) is 26.2 Å². The van der Waals surface area contributed by atoms with Crippen LogP contribution in [0.5, 0.6) is 0 Å². The molecule has 0 amide bonds. The van der Waals surface area contributed by atoms with Crippen LogP contribution in [0.1, 0.15) is 33.1 Å². The number of hydrogen-bond acceptors (Lipinski definition) is 4. The van der Waals surface area contributed by atoms with Gasteiger partial charge in [0.1, 0.15) is 0 Å². The lowest BCUT2D eigenvalue weighted by Gasteiger charge is -2.34. The molecule has 0 aliphatic carbocycles. The van der Waals surface area contributed by atoms with Gasteiger partial charge < -0.3 is 10.1 Å². The predicted octanol–water partition coefficient (Wildman–Crippen LogP) is 0.320. The van der Waals surface area contributed by atoms with Gasteiger partial charge in [0.25, 0.3) is 10.2 Å².